The lowest BCUT2D eigenvalue weighted by molar-refractivity contribution is -0.147. The molecular weight excluding hydrogens is 457 g/mol. The molecule has 2 saturated heterocycles. The summed E-state index contributed by atoms with van der Waals surface area (Å²) in [6.45, 7) is 6.23. The van der Waals surface area contributed by atoms with E-state index in [1.54, 1.807) is 11.1 Å². The van der Waals surface area contributed by atoms with Gasteiger partial charge in [-0.3, -0.25) is 19.3 Å². The molecule has 0 unspecified atom stereocenters. The molecule has 0 bridgehead atoms. The summed E-state index contributed by atoms with van der Waals surface area (Å²) in [6, 6.07) is 15.0. The zero-order valence-corrected chi connectivity index (χ0v) is 20.8. The zero-order chi connectivity index (χ0) is 25.3. The van der Waals surface area contributed by atoms with Crippen LogP contribution < -0.4 is 0 Å². The number of likely N-dealkylation sites (tertiary alicyclic amines) is 2. The van der Waals surface area contributed by atoms with Crippen LogP contribution in [0.4, 0.5) is 4.39 Å². The topological polar surface area (TPSA) is 71.3 Å². The summed E-state index contributed by atoms with van der Waals surface area (Å²) in [4.78, 5) is 35.4. The van der Waals surface area contributed by atoms with Crippen LogP contribution in [0.3, 0.4) is 0 Å². The summed E-state index contributed by atoms with van der Waals surface area (Å²) in [7, 11) is 0. The minimum Gasteiger partial charge on any atom is -0.341 e. The van der Waals surface area contributed by atoms with E-state index in [1.165, 1.54) is 12.1 Å². The molecular formula is C28H32FN5O2. The fourth-order valence-electron chi connectivity index (χ4n) is 5.82. The minimum atomic E-state index is -0.703. The van der Waals surface area contributed by atoms with Crippen LogP contribution in [0.15, 0.2) is 60.9 Å². The molecule has 1 spiro atoms. The van der Waals surface area contributed by atoms with E-state index < -0.39 is 11.2 Å². The molecule has 2 amide bonds. The number of nitrogens with zero attached hydrogens (tertiary/aromatic N) is 5. The largest absolute Gasteiger partial charge is 0.341 e. The van der Waals surface area contributed by atoms with Crippen LogP contribution in [0.5, 0.6) is 0 Å². The van der Waals surface area contributed by atoms with Crippen molar-refractivity contribution in [2.75, 3.05) is 19.6 Å². The Bertz CT molecular complexity index is 1230. The molecule has 2 fully saturated rings. The van der Waals surface area contributed by atoms with Crippen LogP contribution in [-0.2, 0) is 22.6 Å². The van der Waals surface area contributed by atoms with Crippen LogP contribution in [0.25, 0.3) is 0 Å². The zero-order valence-electron chi connectivity index (χ0n) is 20.8. The van der Waals surface area contributed by atoms with Crippen LogP contribution >= 0.6 is 0 Å². The van der Waals surface area contributed by atoms with E-state index in [4.69, 9.17) is 0 Å². The highest BCUT2D eigenvalue weighted by molar-refractivity contribution is 5.88. The molecule has 2 aliphatic heterocycles. The van der Waals surface area contributed by atoms with Gasteiger partial charge in [0.1, 0.15) is 5.82 Å². The Balaban J connectivity index is 1.46. The number of hydrogen-bond donors (Lipinski definition) is 0. The number of aromatic nitrogens is 3. The van der Waals surface area contributed by atoms with Gasteiger partial charge in [0.05, 0.1) is 18.0 Å². The number of carbonyl (C=O) groups excluding carboxylic acids is 2. The highest BCUT2D eigenvalue weighted by Crippen LogP contribution is 2.50. The molecule has 7 nitrogen and oxygen atoms in total. The summed E-state index contributed by atoms with van der Waals surface area (Å²) >= 11 is 0. The first-order chi connectivity index (χ1) is 17.4. The molecule has 0 aliphatic carbocycles. The van der Waals surface area contributed by atoms with Crippen molar-refractivity contribution in [3.05, 3.63) is 83.7 Å². The maximum Gasteiger partial charge on any atom is 0.231 e. The van der Waals surface area contributed by atoms with Crippen LogP contribution in [0.2, 0.25) is 0 Å². The fraction of sp³-hybridized carbons (Fsp3) is 0.429. The van der Waals surface area contributed by atoms with Gasteiger partial charge in [-0.05, 0) is 50.5 Å². The Morgan fingerprint density at radius 2 is 1.97 bits per heavy atom. The average Bonchev–Trinajstić information content (AvgIpc) is 3.50. The molecule has 2 atom stereocenters. The Morgan fingerprint density at radius 3 is 2.69 bits per heavy atom. The third-order valence-corrected chi connectivity index (χ3v) is 7.54. The Morgan fingerprint density at radius 1 is 1.17 bits per heavy atom. The average molecular weight is 490 g/mol. The molecule has 2 aromatic heterocycles. The maximum atomic E-state index is 14.2. The third kappa shape index (κ3) is 4.52. The van der Waals surface area contributed by atoms with E-state index in [0.29, 0.717) is 31.9 Å². The van der Waals surface area contributed by atoms with Gasteiger partial charge in [0.15, 0.2) is 0 Å². The van der Waals surface area contributed by atoms with Gasteiger partial charge in [-0.25, -0.2) is 4.39 Å². The molecule has 2 aliphatic rings. The van der Waals surface area contributed by atoms with Gasteiger partial charge in [-0.2, -0.15) is 5.10 Å². The predicted molar refractivity (Wildman–Crippen MR) is 133 cm³/mol. The molecule has 0 radical (unpaired) electrons. The summed E-state index contributed by atoms with van der Waals surface area (Å²) in [5.41, 5.74) is 1.91. The maximum absolute atomic E-state index is 14.2. The monoisotopic (exact) mass is 489 g/mol. The van der Waals surface area contributed by atoms with Crippen molar-refractivity contribution in [1.29, 1.82) is 0 Å². The van der Waals surface area contributed by atoms with Crippen LogP contribution in [-0.4, -0.2) is 56.0 Å². The lowest BCUT2D eigenvalue weighted by Gasteiger charge is -2.42. The molecule has 0 saturated carbocycles. The summed E-state index contributed by atoms with van der Waals surface area (Å²) in [5, 5.41) is 4.54. The van der Waals surface area contributed by atoms with E-state index >= 15 is 0 Å². The molecule has 3 aromatic rings. The summed E-state index contributed by atoms with van der Waals surface area (Å²) < 4.78 is 15.3. The number of halogens is 1. The van der Waals surface area contributed by atoms with E-state index in [9.17, 15) is 14.0 Å². The number of rotatable bonds is 6. The van der Waals surface area contributed by atoms with Crippen LogP contribution in [0.1, 0.15) is 55.6 Å². The lowest BCUT2D eigenvalue weighted by Crippen LogP contribution is -2.52. The Hall–Kier alpha value is -3.55. The number of benzene rings is 1. The number of hydrogen-bond acceptors (Lipinski definition) is 4. The first kappa shape index (κ1) is 24.2. The first-order valence-corrected chi connectivity index (χ1v) is 12.6. The van der Waals surface area contributed by atoms with E-state index in [0.717, 1.165) is 30.3 Å². The van der Waals surface area contributed by atoms with Gasteiger partial charge in [-0.1, -0.05) is 30.3 Å². The summed E-state index contributed by atoms with van der Waals surface area (Å²) in [5.74, 6) is -0.577. The second kappa shape index (κ2) is 9.84. The predicted octanol–water partition coefficient (Wildman–Crippen LogP) is 3.98. The third-order valence-electron chi connectivity index (χ3n) is 7.54. The van der Waals surface area contributed by atoms with Crippen molar-refractivity contribution >= 4 is 11.8 Å². The van der Waals surface area contributed by atoms with Crippen molar-refractivity contribution in [3.8, 4) is 0 Å². The minimum absolute atomic E-state index is 0.0778. The van der Waals surface area contributed by atoms with Gasteiger partial charge in [-0.15, -0.1) is 0 Å². The summed E-state index contributed by atoms with van der Waals surface area (Å²) in [6.07, 6.45) is 4.60. The highest BCUT2D eigenvalue weighted by Gasteiger charge is 2.57. The van der Waals surface area contributed by atoms with Crippen molar-refractivity contribution in [1.82, 2.24) is 24.6 Å². The van der Waals surface area contributed by atoms with E-state index in [2.05, 4.69) is 23.9 Å². The quantitative estimate of drug-likeness (QED) is 0.525. The van der Waals surface area contributed by atoms with Gasteiger partial charge in [0, 0.05) is 55.7 Å². The molecule has 36 heavy (non-hydrogen) atoms. The van der Waals surface area contributed by atoms with Crippen molar-refractivity contribution in [3.63, 3.8) is 0 Å². The number of piperidine rings is 1. The SMILES string of the molecule is CC(C)n1nccc1[C@H]1CN(C(=O)Cc2ccc(F)cn2)C[C@]12CCCN(Cc1ccccc1)C2=O. The molecule has 1 aromatic carbocycles. The van der Waals surface area contributed by atoms with E-state index in [-0.39, 0.29) is 30.2 Å². The normalized spacial score (nSPS) is 22.1. The molecule has 8 heteroatoms. The Labute approximate surface area is 210 Å². The highest BCUT2D eigenvalue weighted by atomic mass is 19.1. The second-order valence-corrected chi connectivity index (χ2v) is 10.2. The van der Waals surface area contributed by atoms with Gasteiger partial charge >= 0.3 is 0 Å². The molecule has 188 valence electrons. The smallest absolute Gasteiger partial charge is 0.231 e. The lowest BCUT2D eigenvalue weighted by atomic mass is 9.70. The first-order valence-electron chi connectivity index (χ1n) is 12.6. The van der Waals surface area contributed by atoms with E-state index in [1.807, 2.05) is 46.0 Å². The van der Waals surface area contributed by atoms with Gasteiger partial charge in [0.25, 0.3) is 0 Å². The number of carbonyl (C=O) groups is 2. The van der Waals surface area contributed by atoms with Gasteiger partial charge in [0.2, 0.25) is 11.8 Å². The van der Waals surface area contributed by atoms with Crippen molar-refractivity contribution in [2.45, 2.75) is 51.6 Å². The number of pyridine rings is 1. The Kier molecular flexibility index (Phi) is 6.60. The fourth-order valence-corrected chi connectivity index (χ4v) is 5.82. The van der Waals surface area contributed by atoms with Crippen molar-refractivity contribution < 1.29 is 14.0 Å². The molecule has 5 rings (SSSR count). The molecule has 0 N–H and O–H groups in total. The standard InChI is InChI=1S/C28H32FN5O2/c1-20(2)34-25(11-13-31-34)24-18-33(26(35)15-23-10-9-22(29)16-30-23)19-28(24)12-6-14-32(27(28)36)17-21-7-4-3-5-8-21/h3-5,7-11,13,16,20,24H,6,12,14-15,17-19H2,1-2H3/t24-,28-/m1/s1. The number of amides is 2. The second-order valence-electron chi connectivity index (χ2n) is 10.2. The van der Waals surface area contributed by atoms with Crippen molar-refractivity contribution in [2.24, 2.45) is 5.41 Å². The van der Waals surface area contributed by atoms with Crippen LogP contribution in [0, 0.1) is 11.2 Å². The molecule has 4 heterocycles. The van der Waals surface area contributed by atoms with Gasteiger partial charge < -0.3 is 9.80 Å².